The maximum Gasteiger partial charge on any atom is 0.343 e. The summed E-state index contributed by atoms with van der Waals surface area (Å²) in [7, 11) is 1.24. The minimum atomic E-state index is -0.916. The maximum absolute atomic E-state index is 12.4. The highest BCUT2D eigenvalue weighted by Gasteiger charge is 2.23. The van der Waals surface area contributed by atoms with E-state index in [4.69, 9.17) is 9.47 Å². The van der Waals surface area contributed by atoms with Crippen LogP contribution in [0.5, 0.6) is 5.75 Å². The van der Waals surface area contributed by atoms with Gasteiger partial charge in [-0.15, -0.1) is 0 Å². The Balaban J connectivity index is 1.66. The van der Waals surface area contributed by atoms with Crippen molar-refractivity contribution in [2.75, 3.05) is 7.11 Å². The van der Waals surface area contributed by atoms with Crippen LogP contribution in [0.3, 0.4) is 0 Å². The number of carbonyl (C=O) groups is 3. The molecule has 0 radical (unpaired) electrons. The van der Waals surface area contributed by atoms with Crippen molar-refractivity contribution in [3.05, 3.63) is 106 Å². The quantitative estimate of drug-likeness (QED) is 0.242. The number of methoxy groups -OCH3 is 1. The average molecular weight is 448 g/mol. The van der Waals surface area contributed by atoms with E-state index < -0.39 is 28.8 Å². The fourth-order valence-electron chi connectivity index (χ4n) is 3.01. The molecule has 0 aliphatic carbocycles. The van der Waals surface area contributed by atoms with Crippen LogP contribution in [0.1, 0.15) is 26.3 Å². The molecule has 9 heteroatoms. The molecule has 0 spiro atoms. The van der Waals surface area contributed by atoms with Gasteiger partial charge in [0.2, 0.25) is 0 Å². The highest BCUT2D eigenvalue weighted by atomic mass is 16.6. The number of amides is 1. The molecule has 3 rings (SSSR count). The third-order valence-electron chi connectivity index (χ3n) is 4.69. The van der Waals surface area contributed by atoms with E-state index in [1.807, 2.05) is 0 Å². The SMILES string of the molecule is COC(=O)[C@@H](Cc1ccc(OC(=O)c2cccc([N+](=O)[O-])c2)cc1)NC(=O)c1ccccc1. The minimum absolute atomic E-state index is 0.0441. The van der Waals surface area contributed by atoms with E-state index in [1.54, 1.807) is 42.5 Å². The van der Waals surface area contributed by atoms with Gasteiger partial charge in [0.1, 0.15) is 11.8 Å². The second-order valence-corrected chi connectivity index (χ2v) is 6.96. The molecule has 0 saturated carbocycles. The first-order chi connectivity index (χ1) is 15.9. The van der Waals surface area contributed by atoms with Crippen LogP contribution < -0.4 is 10.1 Å². The topological polar surface area (TPSA) is 125 Å². The summed E-state index contributed by atoms with van der Waals surface area (Å²) in [6.45, 7) is 0. The predicted molar refractivity (Wildman–Crippen MR) is 118 cm³/mol. The lowest BCUT2D eigenvalue weighted by Gasteiger charge is -2.17. The lowest BCUT2D eigenvalue weighted by molar-refractivity contribution is -0.384. The Hall–Kier alpha value is -4.53. The Bertz CT molecular complexity index is 1160. The number of esters is 2. The molecule has 168 valence electrons. The van der Waals surface area contributed by atoms with E-state index in [9.17, 15) is 24.5 Å². The Morgan fingerprint density at radius 3 is 2.24 bits per heavy atom. The second kappa shape index (κ2) is 10.7. The third kappa shape index (κ3) is 6.23. The Kier molecular flexibility index (Phi) is 7.48. The number of hydrogen-bond acceptors (Lipinski definition) is 7. The van der Waals surface area contributed by atoms with Crippen molar-refractivity contribution in [3.8, 4) is 5.75 Å². The largest absolute Gasteiger partial charge is 0.467 e. The van der Waals surface area contributed by atoms with Gasteiger partial charge in [0, 0.05) is 24.1 Å². The average Bonchev–Trinajstić information content (AvgIpc) is 2.84. The van der Waals surface area contributed by atoms with E-state index >= 15 is 0 Å². The smallest absolute Gasteiger partial charge is 0.343 e. The number of nitro benzene ring substituents is 1. The van der Waals surface area contributed by atoms with Crippen LogP contribution in [0, 0.1) is 10.1 Å². The molecule has 0 heterocycles. The van der Waals surface area contributed by atoms with E-state index in [0.29, 0.717) is 11.1 Å². The number of rotatable bonds is 8. The van der Waals surface area contributed by atoms with Gasteiger partial charge in [0.05, 0.1) is 17.6 Å². The standard InChI is InChI=1S/C24H20N2O7/c1-32-24(29)21(25-22(27)17-6-3-2-4-7-17)14-16-10-12-20(13-11-16)33-23(28)18-8-5-9-19(15-18)26(30)31/h2-13,15,21H,14H2,1H3,(H,25,27)/t21-/m1/s1. The van der Waals surface area contributed by atoms with Gasteiger partial charge in [0.25, 0.3) is 11.6 Å². The van der Waals surface area contributed by atoms with Gasteiger partial charge in [-0.2, -0.15) is 0 Å². The number of ether oxygens (including phenoxy) is 2. The summed E-state index contributed by atoms with van der Waals surface area (Å²) in [5.74, 6) is -1.53. The molecule has 1 amide bonds. The zero-order valence-electron chi connectivity index (χ0n) is 17.6. The zero-order valence-corrected chi connectivity index (χ0v) is 17.6. The summed E-state index contributed by atoms with van der Waals surface area (Å²) in [6.07, 6.45) is 0.157. The van der Waals surface area contributed by atoms with Gasteiger partial charge in [0.15, 0.2) is 0 Å². The van der Waals surface area contributed by atoms with Crippen LogP contribution in [-0.4, -0.2) is 35.9 Å². The molecule has 3 aromatic rings. The monoisotopic (exact) mass is 448 g/mol. The second-order valence-electron chi connectivity index (χ2n) is 6.96. The van der Waals surface area contributed by atoms with E-state index in [0.717, 1.165) is 6.07 Å². The first-order valence-corrected chi connectivity index (χ1v) is 9.86. The molecular weight excluding hydrogens is 428 g/mol. The first kappa shape index (κ1) is 23.1. The van der Waals surface area contributed by atoms with Gasteiger partial charge < -0.3 is 14.8 Å². The molecule has 0 aliphatic heterocycles. The zero-order chi connectivity index (χ0) is 23.8. The van der Waals surface area contributed by atoms with E-state index in [2.05, 4.69) is 5.32 Å². The van der Waals surface area contributed by atoms with Crippen molar-refractivity contribution in [1.29, 1.82) is 0 Å². The lowest BCUT2D eigenvalue weighted by atomic mass is 10.0. The van der Waals surface area contributed by atoms with Crippen molar-refractivity contribution in [2.24, 2.45) is 0 Å². The summed E-state index contributed by atoms with van der Waals surface area (Å²) in [4.78, 5) is 47.2. The maximum atomic E-state index is 12.4. The van der Waals surface area contributed by atoms with E-state index in [-0.39, 0.29) is 23.4 Å². The molecule has 0 aromatic heterocycles. The van der Waals surface area contributed by atoms with Crippen LogP contribution in [0.2, 0.25) is 0 Å². The molecule has 1 atom stereocenters. The molecule has 1 N–H and O–H groups in total. The fraction of sp³-hybridized carbons (Fsp3) is 0.125. The van der Waals surface area contributed by atoms with Gasteiger partial charge in [-0.05, 0) is 35.9 Å². The van der Waals surface area contributed by atoms with Crippen molar-refractivity contribution in [2.45, 2.75) is 12.5 Å². The number of nitrogens with zero attached hydrogens (tertiary/aromatic N) is 1. The molecule has 0 fully saturated rings. The Morgan fingerprint density at radius 2 is 1.61 bits per heavy atom. The molecule has 0 bridgehead atoms. The Morgan fingerprint density at radius 1 is 0.939 bits per heavy atom. The predicted octanol–water partition coefficient (Wildman–Crippen LogP) is 3.33. The number of nitrogens with one attached hydrogen (secondary N) is 1. The molecule has 0 saturated heterocycles. The summed E-state index contributed by atoms with van der Waals surface area (Å²) in [5.41, 5.74) is 0.928. The number of hydrogen-bond donors (Lipinski definition) is 1. The van der Waals surface area contributed by atoms with E-state index in [1.165, 1.54) is 37.4 Å². The molecule has 33 heavy (non-hydrogen) atoms. The number of benzene rings is 3. The summed E-state index contributed by atoms with van der Waals surface area (Å²) in [6, 6.07) is 19.1. The van der Waals surface area contributed by atoms with Crippen LogP contribution >= 0.6 is 0 Å². The van der Waals surface area contributed by atoms with Crippen LogP contribution in [0.4, 0.5) is 5.69 Å². The number of carbonyl (C=O) groups excluding carboxylic acids is 3. The van der Waals surface area contributed by atoms with Crippen LogP contribution in [0.25, 0.3) is 0 Å². The summed E-state index contributed by atoms with van der Waals surface area (Å²) >= 11 is 0. The van der Waals surface area contributed by atoms with Crippen molar-refractivity contribution in [1.82, 2.24) is 5.32 Å². The summed E-state index contributed by atoms with van der Waals surface area (Å²) < 4.78 is 10.1. The van der Waals surface area contributed by atoms with Crippen molar-refractivity contribution < 1.29 is 28.8 Å². The lowest BCUT2D eigenvalue weighted by Crippen LogP contribution is -2.43. The van der Waals surface area contributed by atoms with Crippen molar-refractivity contribution in [3.63, 3.8) is 0 Å². The first-order valence-electron chi connectivity index (χ1n) is 9.86. The minimum Gasteiger partial charge on any atom is -0.467 e. The molecule has 0 aliphatic rings. The summed E-state index contributed by atoms with van der Waals surface area (Å²) in [5, 5.41) is 13.5. The van der Waals surface area contributed by atoms with Crippen LogP contribution in [-0.2, 0) is 16.0 Å². The van der Waals surface area contributed by atoms with Crippen LogP contribution in [0.15, 0.2) is 78.9 Å². The number of nitro groups is 1. The van der Waals surface area contributed by atoms with Gasteiger partial charge in [-0.25, -0.2) is 9.59 Å². The van der Waals surface area contributed by atoms with Gasteiger partial charge >= 0.3 is 11.9 Å². The third-order valence-corrected chi connectivity index (χ3v) is 4.69. The molecular formula is C24H20N2O7. The molecule has 0 unspecified atom stereocenters. The van der Waals surface area contributed by atoms with Gasteiger partial charge in [-0.3, -0.25) is 14.9 Å². The highest BCUT2D eigenvalue weighted by Crippen LogP contribution is 2.18. The van der Waals surface area contributed by atoms with Gasteiger partial charge in [-0.1, -0.05) is 36.4 Å². The van der Waals surface area contributed by atoms with Crippen molar-refractivity contribution >= 4 is 23.5 Å². The Labute approximate surface area is 189 Å². The number of non-ortho nitro benzene ring substituents is 1. The fourth-order valence-corrected chi connectivity index (χ4v) is 3.01. The molecule has 3 aromatic carbocycles. The highest BCUT2D eigenvalue weighted by molar-refractivity contribution is 5.96. The normalized spacial score (nSPS) is 11.2. The molecule has 9 nitrogen and oxygen atoms in total.